The number of nitrogens with zero attached hydrogens (tertiary/aromatic N) is 3. The average molecular weight is 529 g/mol. The number of amides is 2. The van der Waals surface area contributed by atoms with Crippen LogP contribution in [0.5, 0.6) is 0 Å². The lowest BCUT2D eigenvalue weighted by Gasteiger charge is -2.29. The predicted molar refractivity (Wildman–Crippen MR) is 159 cm³/mol. The molecule has 0 aliphatic carbocycles. The molecule has 40 heavy (non-hydrogen) atoms. The zero-order valence-electron chi connectivity index (χ0n) is 22.9. The van der Waals surface area contributed by atoms with Crippen molar-refractivity contribution in [2.45, 2.75) is 25.9 Å². The molecule has 0 bridgehead atoms. The van der Waals surface area contributed by atoms with E-state index in [1.165, 1.54) is 5.56 Å². The summed E-state index contributed by atoms with van der Waals surface area (Å²) in [6, 6.07) is 26.9. The molecule has 4 heterocycles. The van der Waals surface area contributed by atoms with E-state index in [9.17, 15) is 9.59 Å². The number of aryl methyl sites for hydroxylation is 2. The molecule has 200 valence electrons. The Morgan fingerprint density at radius 3 is 2.33 bits per heavy atom. The van der Waals surface area contributed by atoms with Crippen LogP contribution in [0.25, 0.3) is 33.0 Å². The van der Waals surface area contributed by atoms with E-state index in [0.717, 1.165) is 71.1 Å². The number of para-hydroxylation sites is 2. The van der Waals surface area contributed by atoms with Gasteiger partial charge in [-0.2, -0.15) is 0 Å². The van der Waals surface area contributed by atoms with Crippen LogP contribution in [0.15, 0.2) is 85.1 Å². The Hall–Kier alpha value is -4.42. The fraction of sp³-hybridized carbons (Fsp3) is 0.235. The Bertz CT molecular complexity index is 1830. The van der Waals surface area contributed by atoms with Crippen molar-refractivity contribution in [1.29, 1.82) is 0 Å². The summed E-state index contributed by atoms with van der Waals surface area (Å²) in [7, 11) is 4.16. The van der Waals surface area contributed by atoms with Gasteiger partial charge in [-0.05, 0) is 43.5 Å². The van der Waals surface area contributed by atoms with Crippen LogP contribution in [-0.4, -0.2) is 39.4 Å². The predicted octanol–water partition coefficient (Wildman–Crippen LogP) is 5.39. The molecule has 0 radical (unpaired) electrons. The molecule has 0 fully saturated rings. The second kappa shape index (κ2) is 9.65. The first-order valence-electron chi connectivity index (χ1n) is 14.0. The minimum atomic E-state index is -0.324. The summed E-state index contributed by atoms with van der Waals surface area (Å²) in [5.41, 5.74) is 7.31. The number of carbonyl (C=O) groups excluding carboxylic acids is 2. The summed E-state index contributed by atoms with van der Waals surface area (Å²) < 4.78 is 4.40. The maximum absolute atomic E-state index is 13.6. The number of fused-ring (bicyclic) bond motifs is 4. The maximum atomic E-state index is 13.6. The lowest BCUT2D eigenvalue weighted by Crippen LogP contribution is -2.31. The fourth-order valence-corrected chi connectivity index (χ4v) is 6.84. The van der Waals surface area contributed by atoms with Crippen molar-refractivity contribution >= 4 is 44.8 Å². The quantitative estimate of drug-likeness (QED) is 0.301. The van der Waals surface area contributed by atoms with Gasteiger partial charge in [0, 0.05) is 71.5 Å². The summed E-state index contributed by atoms with van der Waals surface area (Å²) in [5.74, 6) is -0.184. The van der Waals surface area contributed by atoms with Crippen molar-refractivity contribution in [1.82, 2.24) is 19.4 Å². The molecule has 2 aliphatic heterocycles. The molecule has 0 saturated heterocycles. The molecule has 6 heteroatoms. The Labute approximate surface area is 233 Å². The molecule has 1 unspecified atom stereocenters. The van der Waals surface area contributed by atoms with Gasteiger partial charge in [-0.3, -0.25) is 14.9 Å². The number of aromatic nitrogens is 2. The van der Waals surface area contributed by atoms with Crippen LogP contribution in [0.3, 0.4) is 0 Å². The number of hydrogen-bond acceptors (Lipinski definition) is 3. The normalized spacial score (nSPS) is 17.3. The smallest absolute Gasteiger partial charge is 0.259 e. The van der Waals surface area contributed by atoms with Crippen molar-refractivity contribution in [3.05, 3.63) is 107 Å². The van der Waals surface area contributed by atoms with Gasteiger partial charge in [0.15, 0.2) is 0 Å². The van der Waals surface area contributed by atoms with Crippen molar-refractivity contribution < 1.29 is 9.59 Å². The van der Waals surface area contributed by atoms with E-state index in [1.807, 2.05) is 48.1 Å². The van der Waals surface area contributed by atoms with Gasteiger partial charge in [0.1, 0.15) is 0 Å². The van der Waals surface area contributed by atoms with E-state index in [2.05, 4.69) is 70.4 Å². The van der Waals surface area contributed by atoms with E-state index in [4.69, 9.17) is 0 Å². The van der Waals surface area contributed by atoms with Crippen LogP contribution in [-0.2, 0) is 36.1 Å². The highest BCUT2D eigenvalue weighted by atomic mass is 16.2. The van der Waals surface area contributed by atoms with E-state index >= 15 is 0 Å². The molecule has 1 atom stereocenters. The SMILES string of the molecule is CN(Cc1ccccc1)CC1CCn2c(c(C3=C(c4cn(C)c5ccccc45)C(=O)NC3=O)c3ccccc32)C1. The molecule has 3 aromatic carbocycles. The van der Waals surface area contributed by atoms with Crippen molar-refractivity contribution in [2.75, 3.05) is 13.6 Å². The molecule has 2 amide bonds. The summed E-state index contributed by atoms with van der Waals surface area (Å²) >= 11 is 0. The Morgan fingerprint density at radius 1 is 0.850 bits per heavy atom. The van der Waals surface area contributed by atoms with Crippen LogP contribution in [0.2, 0.25) is 0 Å². The summed E-state index contributed by atoms with van der Waals surface area (Å²) in [6.07, 6.45) is 3.91. The highest BCUT2D eigenvalue weighted by Crippen LogP contribution is 2.42. The van der Waals surface area contributed by atoms with Gasteiger partial charge in [0.25, 0.3) is 11.8 Å². The van der Waals surface area contributed by atoms with Gasteiger partial charge >= 0.3 is 0 Å². The minimum absolute atomic E-state index is 0.310. The number of benzene rings is 3. The largest absolute Gasteiger partial charge is 0.350 e. The van der Waals surface area contributed by atoms with Gasteiger partial charge in [0.05, 0.1) is 11.1 Å². The molecule has 0 spiro atoms. The van der Waals surface area contributed by atoms with E-state index in [0.29, 0.717) is 17.1 Å². The number of carbonyl (C=O) groups is 2. The molecular weight excluding hydrogens is 496 g/mol. The Balaban J connectivity index is 1.34. The third-order valence-corrected chi connectivity index (χ3v) is 8.53. The first-order valence-corrected chi connectivity index (χ1v) is 14.0. The Kier molecular flexibility index (Phi) is 5.93. The maximum Gasteiger partial charge on any atom is 0.259 e. The molecular formula is C34H32N4O2. The van der Waals surface area contributed by atoms with Crippen molar-refractivity contribution in [3.63, 3.8) is 0 Å². The van der Waals surface area contributed by atoms with Crippen molar-refractivity contribution in [3.8, 4) is 0 Å². The number of nitrogens with one attached hydrogen (secondary N) is 1. The van der Waals surface area contributed by atoms with Gasteiger partial charge < -0.3 is 14.0 Å². The second-order valence-electron chi connectivity index (χ2n) is 11.2. The van der Waals surface area contributed by atoms with Crippen LogP contribution >= 0.6 is 0 Å². The highest BCUT2D eigenvalue weighted by Gasteiger charge is 2.38. The average Bonchev–Trinajstić information content (AvgIpc) is 3.56. The van der Waals surface area contributed by atoms with Gasteiger partial charge in [-0.15, -0.1) is 0 Å². The van der Waals surface area contributed by atoms with E-state index in [-0.39, 0.29) is 11.8 Å². The van der Waals surface area contributed by atoms with E-state index in [1.54, 1.807) is 0 Å². The summed E-state index contributed by atoms with van der Waals surface area (Å²) in [6.45, 7) is 2.77. The zero-order chi connectivity index (χ0) is 27.4. The number of rotatable bonds is 6. The minimum Gasteiger partial charge on any atom is -0.350 e. The van der Waals surface area contributed by atoms with Gasteiger partial charge in [-0.25, -0.2) is 0 Å². The van der Waals surface area contributed by atoms with Crippen LogP contribution in [0.4, 0.5) is 0 Å². The highest BCUT2D eigenvalue weighted by molar-refractivity contribution is 6.51. The summed E-state index contributed by atoms with van der Waals surface area (Å²) in [5, 5.41) is 4.65. The first kappa shape index (κ1) is 24.6. The fourth-order valence-electron chi connectivity index (χ4n) is 6.84. The molecule has 0 saturated carbocycles. The topological polar surface area (TPSA) is 59.3 Å². The lowest BCUT2D eigenvalue weighted by atomic mass is 9.89. The van der Waals surface area contributed by atoms with Crippen LogP contribution in [0.1, 0.15) is 28.8 Å². The monoisotopic (exact) mass is 528 g/mol. The lowest BCUT2D eigenvalue weighted by molar-refractivity contribution is -0.122. The molecule has 6 nitrogen and oxygen atoms in total. The van der Waals surface area contributed by atoms with Crippen molar-refractivity contribution in [2.24, 2.45) is 13.0 Å². The first-order chi connectivity index (χ1) is 19.5. The molecule has 7 rings (SSSR count). The Morgan fingerprint density at radius 2 is 1.52 bits per heavy atom. The molecule has 5 aromatic rings. The van der Waals surface area contributed by atoms with Gasteiger partial charge in [-0.1, -0.05) is 66.7 Å². The molecule has 2 aromatic heterocycles. The number of imide groups is 1. The molecule has 1 N–H and O–H groups in total. The number of hydrogen-bond donors (Lipinski definition) is 1. The standard InChI is InChI=1S/C34H32N4O2/c1-36(19-22-10-4-3-5-11-22)20-23-16-17-38-28-15-9-7-13-25(28)30(29(38)18-23)32-31(33(39)35-34(32)40)26-21-37(2)27-14-8-6-12-24(26)27/h3-15,21,23H,16-20H2,1-2H3,(H,35,39,40). The molecule has 2 aliphatic rings. The van der Waals surface area contributed by atoms with Crippen LogP contribution < -0.4 is 5.32 Å². The second-order valence-corrected chi connectivity index (χ2v) is 11.2. The van der Waals surface area contributed by atoms with Gasteiger partial charge in [0.2, 0.25) is 0 Å². The zero-order valence-corrected chi connectivity index (χ0v) is 22.9. The third-order valence-electron chi connectivity index (χ3n) is 8.53. The summed E-state index contributed by atoms with van der Waals surface area (Å²) in [4.78, 5) is 29.4. The van der Waals surface area contributed by atoms with Crippen LogP contribution in [0, 0.1) is 5.92 Å². The third kappa shape index (κ3) is 3.98. The van der Waals surface area contributed by atoms with E-state index < -0.39 is 0 Å².